The van der Waals surface area contributed by atoms with Crippen molar-refractivity contribution >= 4 is 22.5 Å². The van der Waals surface area contributed by atoms with E-state index in [9.17, 15) is 32.3 Å². The summed E-state index contributed by atoms with van der Waals surface area (Å²) in [4.78, 5) is 27.5. The van der Waals surface area contributed by atoms with Gasteiger partial charge in [-0.1, -0.05) is 0 Å². The predicted molar refractivity (Wildman–Crippen MR) is 115 cm³/mol. The molecule has 0 aliphatic carbocycles. The molecule has 5 nitrogen and oxygen atoms in total. The highest BCUT2D eigenvalue weighted by Crippen LogP contribution is 2.25. The van der Waals surface area contributed by atoms with Crippen LogP contribution in [0.15, 0.2) is 65.6 Å². The van der Waals surface area contributed by atoms with Crippen LogP contribution in [0, 0.1) is 23.3 Å². The smallest absolute Gasteiger partial charge is 0.263 e. The van der Waals surface area contributed by atoms with Crippen molar-refractivity contribution in [2.24, 2.45) is 0 Å². The normalized spacial score (nSPS) is 11.1. The Morgan fingerprint density at radius 3 is 2.06 bits per heavy atom. The van der Waals surface area contributed by atoms with E-state index in [2.05, 4.69) is 0 Å². The molecule has 0 bridgehead atoms. The van der Waals surface area contributed by atoms with E-state index in [1.807, 2.05) is 0 Å². The molecule has 33 heavy (non-hydrogen) atoms. The van der Waals surface area contributed by atoms with Crippen LogP contribution in [0.4, 0.5) is 23.2 Å². The van der Waals surface area contributed by atoms with Crippen LogP contribution < -0.4 is 10.3 Å². The maximum Gasteiger partial charge on any atom is 0.263 e. The molecule has 3 aromatic carbocycles. The molecule has 0 radical (unpaired) electrons. The second kappa shape index (κ2) is 8.42. The molecule has 1 heterocycles. The van der Waals surface area contributed by atoms with Gasteiger partial charge in [0.25, 0.3) is 5.91 Å². The maximum atomic E-state index is 13.9. The molecule has 0 atom stereocenters. The molecule has 1 amide bonds. The number of rotatable bonds is 4. The lowest BCUT2D eigenvalue weighted by atomic mass is 10.1. The molecule has 1 N–H and O–H groups in total. The number of anilines is 1. The Hall–Kier alpha value is -4.14. The maximum absolute atomic E-state index is 13.9. The quantitative estimate of drug-likeness (QED) is 0.444. The predicted octanol–water partition coefficient (Wildman–Crippen LogP) is 4.92. The van der Waals surface area contributed by atoms with E-state index < -0.39 is 40.2 Å². The SMILES string of the molecule is CCN(C(=O)c1cn(-c2cc(F)cc(F)c2)c2cc(O)ccc2c1=O)c1cc(F)cc(F)c1. The Balaban J connectivity index is 1.98. The summed E-state index contributed by atoms with van der Waals surface area (Å²) in [6.45, 7) is 1.53. The van der Waals surface area contributed by atoms with Gasteiger partial charge in [-0.05, 0) is 43.3 Å². The summed E-state index contributed by atoms with van der Waals surface area (Å²) in [5.41, 5.74) is -1.17. The zero-order valence-electron chi connectivity index (χ0n) is 17.2. The van der Waals surface area contributed by atoms with Gasteiger partial charge in [0, 0.05) is 42.0 Å². The fraction of sp³-hybridized carbons (Fsp3) is 0.0833. The summed E-state index contributed by atoms with van der Waals surface area (Å²) in [6.07, 6.45) is 1.08. The van der Waals surface area contributed by atoms with Crippen molar-refractivity contribution in [2.45, 2.75) is 6.92 Å². The van der Waals surface area contributed by atoms with E-state index in [4.69, 9.17) is 0 Å². The summed E-state index contributed by atoms with van der Waals surface area (Å²) in [7, 11) is 0. The number of phenols is 1. The van der Waals surface area contributed by atoms with Crippen molar-refractivity contribution in [3.63, 3.8) is 0 Å². The third kappa shape index (κ3) is 4.17. The van der Waals surface area contributed by atoms with Crippen LogP contribution in [0.25, 0.3) is 16.6 Å². The molecule has 0 unspecified atom stereocenters. The summed E-state index contributed by atoms with van der Waals surface area (Å²) >= 11 is 0. The number of hydrogen-bond donors (Lipinski definition) is 1. The average Bonchev–Trinajstić information content (AvgIpc) is 2.73. The van der Waals surface area contributed by atoms with Gasteiger partial charge in [0.15, 0.2) is 0 Å². The monoisotopic (exact) mass is 456 g/mol. The number of aromatic nitrogens is 1. The largest absolute Gasteiger partial charge is 0.508 e. The molecule has 0 spiro atoms. The highest BCUT2D eigenvalue weighted by Gasteiger charge is 2.23. The van der Waals surface area contributed by atoms with Crippen LogP contribution in [-0.4, -0.2) is 22.1 Å². The lowest BCUT2D eigenvalue weighted by Gasteiger charge is -2.22. The van der Waals surface area contributed by atoms with Crippen molar-refractivity contribution in [1.29, 1.82) is 0 Å². The topological polar surface area (TPSA) is 62.5 Å². The van der Waals surface area contributed by atoms with Crippen molar-refractivity contribution in [3.8, 4) is 11.4 Å². The van der Waals surface area contributed by atoms with E-state index in [1.165, 1.54) is 22.8 Å². The number of carbonyl (C=O) groups is 1. The second-order valence-electron chi connectivity index (χ2n) is 7.25. The average molecular weight is 456 g/mol. The molecule has 1 aromatic heterocycles. The van der Waals surface area contributed by atoms with E-state index in [1.54, 1.807) is 6.92 Å². The Labute approximate surface area is 184 Å². The van der Waals surface area contributed by atoms with Crippen LogP contribution in [0.2, 0.25) is 0 Å². The van der Waals surface area contributed by atoms with Gasteiger partial charge in [-0.3, -0.25) is 9.59 Å². The molecule has 4 rings (SSSR count). The Bertz CT molecular complexity index is 1430. The first-order valence-corrected chi connectivity index (χ1v) is 9.80. The zero-order valence-corrected chi connectivity index (χ0v) is 17.2. The van der Waals surface area contributed by atoms with Gasteiger partial charge in [-0.15, -0.1) is 0 Å². The van der Waals surface area contributed by atoms with Crippen LogP contribution in [0.3, 0.4) is 0 Å². The first-order chi connectivity index (χ1) is 15.7. The fourth-order valence-corrected chi connectivity index (χ4v) is 3.64. The van der Waals surface area contributed by atoms with E-state index in [0.29, 0.717) is 12.1 Å². The molecular formula is C24H16F4N2O3. The van der Waals surface area contributed by atoms with Crippen LogP contribution >= 0.6 is 0 Å². The molecule has 0 saturated carbocycles. The number of nitrogens with zero attached hydrogens (tertiary/aromatic N) is 2. The first-order valence-electron chi connectivity index (χ1n) is 9.80. The number of aromatic hydroxyl groups is 1. The third-order valence-electron chi connectivity index (χ3n) is 5.06. The van der Waals surface area contributed by atoms with E-state index >= 15 is 0 Å². The number of carbonyl (C=O) groups excluding carboxylic acids is 1. The molecule has 4 aromatic rings. The summed E-state index contributed by atoms with van der Waals surface area (Å²) in [6, 6.07) is 8.91. The van der Waals surface area contributed by atoms with E-state index in [-0.39, 0.29) is 34.6 Å². The summed E-state index contributed by atoms with van der Waals surface area (Å²) in [5.74, 6) is -4.67. The van der Waals surface area contributed by atoms with Gasteiger partial charge in [-0.2, -0.15) is 0 Å². The van der Waals surface area contributed by atoms with Gasteiger partial charge >= 0.3 is 0 Å². The minimum Gasteiger partial charge on any atom is -0.508 e. The zero-order chi connectivity index (χ0) is 23.9. The fourth-order valence-electron chi connectivity index (χ4n) is 3.64. The molecular weight excluding hydrogens is 440 g/mol. The Morgan fingerprint density at radius 1 is 0.909 bits per heavy atom. The van der Waals surface area contributed by atoms with Gasteiger partial charge in [-0.25, -0.2) is 17.6 Å². The Morgan fingerprint density at radius 2 is 1.48 bits per heavy atom. The number of fused-ring (bicyclic) bond motifs is 1. The van der Waals surface area contributed by atoms with Crippen molar-refractivity contribution < 1.29 is 27.5 Å². The number of halogens is 4. The number of pyridine rings is 1. The lowest BCUT2D eigenvalue weighted by Crippen LogP contribution is -2.35. The second-order valence-corrected chi connectivity index (χ2v) is 7.25. The van der Waals surface area contributed by atoms with Gasteiger partial charge in [0.2, 0.25) is 5.43 Å². The Kier molecular flexibility index (Phi) is 5.63. The standard InChI is InChI=1S/C24H16F4N2O3/c1-2-29(17-7-13(25)5-14(26)8-17)24(33)21-12-30(18-9-15(27)6-16(28)10-18)22-11-19(31)3-4-20(22)23(21)32/h3-12,31H,2H2,1H3. The molecule has 0 aliphatic heterocycles. The first kappa shape index (κ1) is 22.1. The molecule has 0 fully saturated rings. The minimum atomic E-state index is -0.905. The third-order valence-corrected chi connectivity index (χ3v) is 5.06. The number of amides is 1. The van der Waals surface area contributed by atoms with Gasteiger partial charge < -0.3 is 14.6 Å². The molecule has 0 saturated heterocycles. The summed E-state index contributed by atoms with van der Waals surface area (Å²) < 4.78 is 56.5. The van der Waals surface area contributed by atoms with Crippen LogP contribution in [0.1, 0.15) is 17.3 Å². The minimum absolute atomic E-state index is 0.00945. The highest BCUT2D eigenvalue weighted by atomic mass is 19.1. The number of benzene rings is 3. The van der Waals surface area contributed by atoms with Crippen LogP contribution in [0.5, 0.6) is 5.75 Å². The molecule has 0 aliphatic rings. The molecule has 168 valence electrons. The lowest BCUT2D eigenvalue weighted by molar-refractivity contribution is 0.0987. The highest BCUT2D eigenvalue weighted by molar-refractivity contribution is 6.07. The van der Waals surface area contributed by atoms with Crippen molar-refractivity contribution in [2.75, 3.05) is 11.4 Å². The van der Waals surface area contributed by atoms with E-state index in [0.717, 1.165) is 35.4 Å². The van der Waals surface area contributed by atoms with Crippen LogP contribution in [-0.2, 0) is 0 Å². The summed E-state index contributed by atoms with van der Waals surface area (Å²) in [5, 5.41) is 9.89. The molecule has 9 heteroatoms. The van der Waals surface area contributed by atoms with Crippen molar-refractivity contribution in [3.05, 3.63) is 99.8 Å². The number of hydrogen-bond acceptors (Lipinski definition) is 3. The van der Waals surface area contributed by atoms with Gasteiger partial charge in [0.1, 0.15) is 34.6 Å². The van der Waals surface area contributed by atoms with Gasteiger partial charge in [0.05, 0.1) is 11.2 Å². The number of phenolic OH excluding ortho intramolecular Hbond substituents is 1. The van der Waals surface area contributed by atoms with Crippen molar-refractivity contribution in [1.82, 2.24) is 4.57 Å².